The molecule has 0 spiro atoms. The fraction of sp³-hybridized carbons (Fsp3) is 0.478. The molecule has 2 rings (SSSR count). The van der Waals surface area contributed by atoms with Gasteiger partial charge in [-0.2, -0.15) is 0 Å². The Labute approximate surface area is 179 Å². The average Bonchev–Trinajstić information content (AvgIpc) is 2.77. The first kappa shape index (κ1) is 28.1. The average molecular weight is 427 g/mol. The van der Waals surface area contributed by atoms with Crippen molar-refractivity contribution in [3.05, 3.63) is 71.8 Å². The van der Waals surface area contributed by atoms with E-state index in [2.05, 4.69) is 33.9 Å². The first-order valence-corrected chi connectivity index (χ1v) is 9.80. The summed E-state index contributed by atoms with van der Waals surface area (Å²) in [6.45, 7) is 2.14. The fourth-order valence-corrected chi connectivity index (χ4v) is 2.63. The maximum absolute atomic E-state index is 13.9. The minimum atomic E-state index is -0.995. The molecule has 2 aromatic rings. The Morgan fingerprint density at radius 3 is 1.53 bits per heavy atom. The van der Waals surface area contributed by atoms with E-state index in [0.717, 1.165) is 20.2 Å². The molecule has 0 unspecified atom stereocenters. The largest absolute Gasteiger partial charge is 0.400 e. The van der Waals surface area contributed by atoms with Gasteiger partial charge in [-0.1, -0.05) is 60.7 Å². The van der Waals surface area contributed by atoms with Crippen LogP contribution in [0.4, 0.5) is 8.78 Å². The van der Waals surface area contributed by atoms with Gasteiger partial charge in [-0.3, -0.25) is 4.90 Å². The van der Waals surface area contributed by atoms with Crippen molar-refractivity contribution in [2.24, 2.45) is 5.73 Å². The first-order valence-electron chi connectivity index (χ1n) is 9.80. The van der Waals surface area contributed by atoms with Crippen molar-refractivity contribution in [2.45, 2.75) is 25.4 Å². The van der Waals surface area contributed by atoms with Gasteiger partial charge in [0, 0.05) is 47.5 Å². The van der Waals surface area contributed by atoms with Gasteiger partial charge in [0.25, 0.3) is 0 Å². The van der Waals surface area contributed by atoms with Gasteiger partial charge in [0.2, 0.25) is 0 Å². The Morgan fingerprint density at radius 1 is 0.800 bits per heavy atom. The van der Waals surface area contributed by atoms with Crippen molar-refractivity contribution in [1.82, 2.24) is 4.90 Å². The van der Waals surface area contributed by atoms with Crippen LogP contribution in [0.2, 0.25) is 0 Å². The molecule has 0 saturated carbocycles. The third-order valence-electron chi connectivity index (χ3n) is 3.91. The molecule has 0 radical (unpaired) electrons. The Kier molecular flexibility index (Phi) is 17.9. The van der Waals surface area contributed by atoms with Crippen LogP contribution in [0, 0.1) is 0 Å². The second-order valence-electron chi connectivity index (χ2n) is 6.48. The van der Waals surface area contributed by atoms with Crippen molar-refractivity contribution in [3.8, 4) is 0 Å². The lowest BCUT2D eigenvalue weighted by Gasteiger charge is -2.24. The summed E-state index contributed by atoms with van der Waals surface area (Å²) in [7, 11) is 3.98. The lowest BCUT2D eigenvalue weighted by molar-refractivity contribution is 0.0882. The summed E-state index contributed by atoms with van der Waals surface area (Å²) in [5.41, 5.74) is 7.29. The van der Waals surface area contributed by atoms with Crippen molar-refractivity contribution < 1.29 is 23.4 Å². The highest BCUT2D eigenvalue weighted by Gasteiger charge is 2.14. The Balaban J connectivity index is 0.000000795. The summed E-state index contributed by atoms with van der Waals surface area (Å²) >= 11 is 0. The van der Waals surface area contributed by atoms with E-state index < -0.39 is 12.3 Å². The maximum atomic E-state index is 13.9. The van der Waals surface area contributed by atoms with Gasteiger partial charge < -0.3 is 20.3 Å². The third-order valence-corrected chi connectivity index (χ3v) is 3.91. The molecule has 3 N–H and O–H groups in total. The number of aliphatic hydroxyl groups is 1. The SMILES string of the molecule is CO.COC[C@@H](F)CN.COC[C@@H](F)CN(Cc1ccccc1)Cc1ccccc1. The molecule has 0 bridgehead atoms. The lowest BCUT2D eigenvalue weighted by Crippen LogP contribution is -2.31. The number of halogens is 2. The van der Waals surface area contributed by atoms with Gasteiger partial charge in [-0.25, -0.2) is 8.78 Å². The van der Waals surface area contributed by atoms with E-state index in [4.69, 9.17) is 15.6 Å². The molecular weight excluding hydrogens is 390 g/mol. The molecule has 7 heteroatoms. The van der Waals surface area contributed by atoms with Crippen molar-refractivity contribution in [1.29, 1.82) is 0 Å². The molecule has 0 amide bonds. The van der Waals surface area contributed by atoms with E-state index in [1.807, 2.05) is 36.4 Å². The van der Waals surface area contributed by atoms with Crippen molar-refractivity contribution in [2.75, 3.05) is 47.6 Å². The highest BCUT2D eigenvalue weighted by molar-refractivity contribution is 5.17. The quantitative estimate of drug-likeness (QED) is 0.578. The summed E-state index contributed by atoms with van der Waals surface area (Å²) in [5.74, 6) is 0. The van der Waals surface area contributed by atoms with Crippen LogP contribution in [0.15, 0.2) is 60.7 Å². The zero-order valence-corrected chi connectivity index (χ0v) is 18.2. The minimum absolute atomic E-state index is 0.0494. The highest BCUT2D eigenvalue weighted by atomic mass is 19.1. The van der Waals surface area contributed by atoms with Crippen LogP contribution in [0.3, 0.4) is 0 Å². The van der Waals surface area contributed by atoms with Crippen LogP contribution in [0.25, 0.3) is 0 Å². The predicted molar refractivity (Wildman–Crippen MR) is 118 cm³/mol. The van der Waals surface area contributed by atoms with Gasteiger partial charge in [-0.15, -0.1) is 0 Å². The monoisotopic (exact) mass is 426 g/mol. The molecular formula is C23H36F2N2O3. The van der Waals surface area contributed by atoms with Crippen LogP contribution in [-0.4, -0.2) is 70.0 Å². The summed E-state index contributed by atoms with van der Waals surface area (Å²) in [5, 5.41) is 7.00. The molecule has 0 heterocycles. The van der Waals surface area contributed by atoms with E-state index in [1.165, 1.54) is 25.3 Å². The predicted octanol–water partition coefficient (Wildman–Crippen LogP) is 3.21. The molecule has 0 aliphatic carbocycles. The number of nitrogens with two attached hydrogens (primary N) is 1. The minimum Gasteiger partial charge on any atom is -0.400 e. The van der Waals surface area contributed by atoms with Crippen LogP contribution >= 0.6 is 0 Å². The molecule has 170 valence electrons. The van der Waals surface area contributed by atoms with Crippen LogP contribution in [-0.2, 0) is 22.6 Å². The fourth-order valence-electron chi connectivity index (χ4n) is 2.63. The molecule has 30 heavy (non-hydrogen) atoms. The van der Waals surface area contributed by atoms with Gasteiger partial charge in [0.1, 0.15) is 12.3 Å². The smallest absolute Gasteiger partial charge is 0.136 e. The zero-order valence-electron chi connectivity index (χ0n) is 18.2. The number of ether oxygens (including phenoxy) is 2. The van der Waals surface area contributed by atoms with E-state index >= 15 is 0 Å². The highest BCUT2D eigenvalue weighted by Crippen LogP contribution is 2.11. The van der Waals surface area contributed by atoms with Gasteiger partial charge >= 0.3 is 0 Å². The van der Waals surface area contributed by atoms with Gasteiger partial charge in [-0.05, 0) is 11.1 Å². The Bertz CT molecular complexity index is 564. The first-order chi connectivity index (χ1) is 14.6. The summed E-state index contributed by atoms with van der Waals surface area (Å²) in [4.78, 5) is 2.12. The number of methoxy groups -OCH3 is 2. The normalized spacial score (nSPS) is 12.3. The number of alkyl halides is 2. The zero-order chi connectivity index (χ0) is 22.6. The van der Waals surface area contributed by atoms with E-state index in [1.54, 1.807) is 0 Å². The number of rotatable bonds is 11. The van der Waals surface area contributed by atoms with Crippen LogP contribution in [0.1, 0.15) is 11.1 Å². The summed E-state index contributed by atoms with van der Waals surface area (Å²) in [6, 6.07) is 20.3. The van der Waals surface area contributed by atoms with Crippen LogP contribution < -0.4 is 5.73 Å². The number of hydrogen-bond donors (Lipinski definition) is 2. The molecule has 0 fully saturated rings. The van der Waals surface area contributed by atoms with Crippen molar-refractivity contribution >= 4 is 0 Å². The summed E-state index contributed by atoms with van der Waals surface area (Å²) in [6.07, 6.45) is -1.97. The molecule has 0 aliphatic heterocycles. The second-order valence-corrected chi connectivity index (χ2v) is 6.48. The summed E-state index contributed by atoms with van der Waals surface area (Å²) < 4.78 is 35.1. The van der Waals surface area contributed by atoms with Gasteiger partial charge in [0.15, 0.2) is 0 Å². The van der Waals surface area contributed by atoms with Gasteiger partial charge in [0.05, 0.1) is 13.2 Å². The number of nitrogens with zero attached hydrogens (tertiary/aromatic N) is 1. The standard InChI is InChI=1S/C18H22FNO.C4H10FNO.CH4O/c1-21-15-18(19)14-20(12-16-8-4-2-5-9-16)13-17-10-6-3-7-11-17;1-7-3-4(5)2-6;1-2/h2-11,18H,12-15H2,1H3;4H,2-3,6H2,1H3;2H,1H3/t18-;4-;/m00./s1. The molecule has 5 nitrogen and oxygen atoms in total. The Hall–Kier alpha value is -1.90. The molecule has 2 atom stereocenters. The second kappa shape index (κ2) is 19.1. The molecule has 2 aromatic carbocycles. The van der Waals surface area contributed by atoms with Crippen LogP contribution in [0.5, 0.6) is 0 Å². The topological polar surface area (TPSA) is 68.0 Å². The molecule has 0 aliphatic rings. The van der Waals surface area contributed by atoms with E-state index in [0.29, 0.717) is 6.54 Å². The number of benzene rings is 2. The van der Waals surface area contributed by atoms with E-state index in [9.17, 15) is 8.78 Å². The molecule has 0 saturated heterocycles. The number of aliphatic hydroxyl groups excluding tert-OH is 1. The lowest BCUT2D eigenvalue weighted by atomic mass is 10.1. The third kappa shape index (κ3) is 14.1. The van der Waals surface area contributed by atoms with Crippen molar-refractivity contribution in [3.63, 3.8) is 0 Å². The maximum Gasteiger partial charge on any atom is 0.136 e. The van der Waals surface area contributed by atoms with E-state index in [-0.39, 0.29) is 19.8 Å². The Morgan fingerprint density at radius 2 is 1.20 bits per heavy atom. The number of hydrogen-bond acceptors (Lipinski definition) is 5. The molecule has 0 aromatic heterocycles.